The van der Waals surface area contributed by atoms with Gasteiger partial charge in [0.2, 0.25) is 11.8 Å². The van der Waals surface area contributed by atoms with Crippen molar-refractivity contribution in [2.24, 2.45) is 23.7 Å². The molecule has 2 amide bonds. The minimum absolute atomic E-state index is 0.0242. The van der Waals surface area contributed by atoms with E-state index in [1.165, 1.54) is 22.3 Å². The molecule has 0 aromatic heterocycles. The van der Waals surface area contributed by atoms with Crippen molar-refractivity contribution in [3.8, 4) is 23.0 Å². The Labute approximate surface area is 400 Å². The number of carbonyl (C=O) groups excluding carboxylic acids is 2. The van der Waals surface area contributed by atoms with E-state index in [0.717, 1.165) is 109 Å². The van der Waals surface area contributed by atoms with Gasteiger partial charge in [-0.2, -0.15) is 0 Å². The Balaban J connectivity index is 0.792. The van der Waals surface area contributed by atoms with Gasteiger partial charge in [-0.3, -0.25) is 13.8 Å². The Morgan fingerprint density at radius 1 is 0.618 bits per heavy atom. The molecule has 358 valence electrons. The lowest BCUT2D eigenvalue weighted by Crippen LogP contribution is -2.78. The molecule has 18 atom stereocenters. The molecule has 12 heterocycles. The van der Waals surface area contributed by atoms with E-state index in [1.54, 1.807) is 28.4 Å². The molecule has 2 aromatic rings. The zero-order chi connectivity index (χ0) is 45.5. The number of ether oxygens (including phenoxy) is 6. The first-order chi connectivity index (χ1) is 33.1. The molecule has 13 nitrogen and oxygen atoms in total. The molecule has 12 aliphatic heterocycles. The van der Waals surface area contributed by atoms with E-state index in [1.807, 2.05) is 0 Å². The lowest BCUT2D eigenvalue weighted by molar-refractivity contribution is -0.970. The van der Waals surface area contributed by atoms with Crippen molar-refractivity contribution in [3.63, 3.8) is 0 Å². The largest absolute Gasteiger partial charge is 0.493 e. The van der Waals surface area contributed by atoms with Crippen LogP contribution < -0.4 is 28.7 Å². The molecule has 0 N–H and O–H groups in total. The molecule has 16 rings (SSSR count). The molecule has 2 aliphatic carbocycles. The molecular formula is C54H64N4O9S+2. The molecule has 2 saturated carbocycles. The third-order valence-corrected chi connectivity index (χ3v) is 25.0. The van der Waals surface area contributed by atoms with Gasteiger partial charge < -0.3 is 47.2 Å². The van der Waals surface area contributed by atoms with Crippen LogP contribution in [0.3, 0.4) is 0 Å². The predicted molar refractivity (Wildman–Crippen MR) is 252 cm³/mol. The zero-order valence-corrected chi connectivity index (χ0v) is 40.5. The Morgan fingerprint density at radius 2 is 1.04 bits per heavy atom. The third kappa shape index (κ3) is 4.37. The first-order valence-electron chi connectivity index (χ1n) is 26.1. The number of benzene rings is 2. The van der Waals surface area contributed by atoms with Crippen LogP contribution >= 0.6 is 0 Å². The van der Waals surface area contributed by atoms with Crippen molar-refractivity contribution >= 4 is 34.0 Å². The summed E-state index contributed by atoms with van der Waals surface area (Å²) in [5, 5.41) is 0.259. The lowest BCUT2D eigenvalue weighted by Gasteiger charge is -2.65. The number of quaternary nitrogens is 2. The molecule has 2 unspecified atom stereocenters. The maximum Gasteiger partial charge on any atom is 0.229 e. The molecule has 10 fully saturated rings. The molecule has 2 aromatic carbocycles. The molecule has 2 spiro atoms. The Kier molecular flexibility index (Phi) is 7.98. The van der Waals surface area contributed by atoms with Gasteiger partial charge in [0.15, 0.2) is 23.0 Å². The van der Waals surface area contributed by atoms with Gasteiger partial charge >= 0.3 is 0 Å². The topological polar surface area (TPSA) is 113 Å². The Bertz CT molecular complexity index is 2580. The van der Waals surface area contributed by atoms with Crippen molar-refractivity contribution < 1.29 is 51.2 Å². The highest BCUT2D eigenvalue weighted by Gasteiger charge is 2.81. The van der Waals surface area contributed by atoms with Crippen molar-refractivity contribution in [1.29, 1.82) is 0 Å². The molecule has 14 heteroatoms. The van der Waals surface area contributed by atoms with Crippen molar-refractivity contribution in [1.82, 2.24) is 0 Å². The molecule has 0 radical (unpaired) electrons. The molecule has 14 aliphatic rings. The number of hydrogen-bond donors (Lipinski definition) is 0. The van der Waals surface area contributed by atoms with E-state index in [0.29, 0.717) is 73.6 Å². The second-order valence-corrected chi connectivity index (χ2v) is 25.6. The van der Waals surface area contributed by atoms with Gasteiger partial charge in [-0.15, -0.1) is 0 Å². The fourth-order valence-electron chi connectivity index (χ4n) is 20.9. The standard InChI is InChI=1S/C54H64N4O9S/c1-62-37-19-31-33(21-39(37)64-3)55-47(59)23-41-49-29-17-45-53(31,51(49)55)11-13-57(45,25-27(29)9-15-66-41)35-5-7-44-36(6-8-43(35)68(44)61)58-14-12-54-32-20-38(63-2)40(65-4)22-34(32)56-48(60)24-42-50(52(54)56)30(18-46(54)58)28(26-58)10-16-67-42/h9-10,19-22,29-30,35-36,41-46,49-52H,5-8,11-18,23-26H2,1-4H3/q+2/t29-,30-,35+,36+,41-,42-,43+,44+,45-,46-,49-,50-,51-,52-,53+,54+,57?,58?,68?/m0/s1. The van der Waals surface area contributed by atoms with Crippen LogP contribution in [-0.2, 0) is 40.7 Å². The highest BCUT2D eigenvalue weighted by molar-refractivity contribution is 7.86. The second-order valence-electron chi connectivity index (χ2n) is 23.7. The maximum atomic E-state index is 16.0. The molecule has 8 saturated heterocycles. The molecular weight excluding hydrogens is 881 g/mol. The number of fused-ring (bicyclic) bond motifs is 6. The Hall–Kier alpha value is -3.95. The monoisotopic (exact) mass is 944 g/mol. The Morgan fingerprint density at radius 3 is 1.47 bits per heavy atom. The summed E-state index contributed by atoms with van der Waals surface area (Å²) >= 11 is 0. The van der Waals surface area contributed by atoms with Crippen LogP contribution in [0.5, 0.6) is 23.0 Å². The number of amides is 2. The average Bonchev–Trinajstić information content (AvgIpc) is 3.99. The van der Waals surface area contributed by atoms with Crippen LogP contribution in [0.25, 0.3) is 0 Å². The van der Waals surface area contributed by atoms with Crippen molar-refractivity contribution in [2.75, 3.05) is 77.6 Å². The highest BCUT2D eigenvalue weighted by Crippen LogP contribution is 2.72. The summed E-state index contributed by atoms with van der Waals surface area (Å²) in [5.41, 5.74) is 7.14. The number of piperidine rings is 4. The van der Waals surface area contributed by atoms with Gasteiger partial charge in [0.25, 0.3) is 0 Å². The van der Waals surface area contributed by atoms with E-state index >= 15 is 4.21 Å². The number of methoxy groups -OCH3 is 4. The summed E-state index contributed by atoms with van der Waals surface area (Å²) in [6.45, 7) is 5.23. The minimum Gasteiger partial charge on any atom is -0.493 e. The normalized spacial score (nSPS) is 48.4. The average molecular weight is 945 g/mol. The SMILES string of the molecule is COc1cc2c(cc1OC)[C@@]13CC[N+]4([C@@H]5CC[C@@H]6[C@H]([N+]78CC[C@@]9%10c%11cc(OC)c(OC)cc%11N%11C(=O)C[C@@H]%12OCC=C(C7)[C@H](C[C@@H]98)[C@@H]%12[C@H]%11%10)CC[C@H]5S6=O)CC5=CCO[C@H]6CC(=O)N2[C@H]1[C@H]6[C@H]5C[C@@H]34. The van der Waals surface area contributed by atoms with Crippen LogP contribution in [0.4, 0.5) is 11.4 Å². The summed E-state index contributed by atoms with van der Waals surface area (Å²) < 4.78 is 55.3. The van der Waals surface area contributed by atoms with E-state index in [4.69, 9.17) is 28.4 Å². The number of carbonyl (C=O) groups is 2. The summed E-state index contributed by atoms with van der Waals surface area (Å²) in [7, 11) is 5.82. The smallest absolute Gasteiger partial charge is 0.229 e. The van der Waals surface area contributed by atoms with Crippen LogP contribution in [0.15, 0.2) is 47.6 Å². The summed E-state index contributed by atoms with van der Waals surface area (Å²) in [4.78, 5) is 33.5. The fraction of sp³-hybridized carbons (Fsp3) is 0.667. The predicted octanol–water partition coefficient (Wildman–Crippen LogP) is 5.07. The van der Waals surface area contributed by atoms with E-state index < -0.39 is 10.8 Å². The first-order valence-corrected chi connectivity index (χ1v) is 27.3. The van der Waals surface area contributed by atoms with Crippen LogP contribution in [0, 0.1) is 23.7 Å². The lowest BCUT2D eigenvalue weighted by atomic mass is 9.52. The molecule has 6 bridgehead atoms. The first kappa shape index (κ1) is 40.7. The quantitative estimate of drug-likeness (QED) is 0.290. The maximum absolute atomic E-state index is 16.0. The van der Waals surface area contributed by atoms with Gasteiger partial charge in [-0.05, 0) is 59.1 Å². The van der Waals surface area contributed by atoms with E-state index in [9.17, 15) is 9.59 Å². The molecule has 68 heavy (non-hydrogen) atoms. The van der Waals surface area contributed by atoms with Crippen LogP contribution in [-0.4, -0.2) is 152 Å². The minimum atomic E-state index is -1.01. The van der Waals surface area contributed by atoms with Gasteiger partial charge in [0.1, 0.15) is 37.3 Å². The van der Waals surface area contributed by atoms with Gasteiger partial charge in [-0.25, -0.2) is 0 Å². The van der Waals surface area contributed by atoms with Gasteiger partial charge in [-0.1, -0.05) is 12.2 Å². The van der Waals surface area contributed by atoms with Crippen LogP contribution in [0.2, 0.25) is 0 Å². The highest BCUT2D eigenvalue weighted by atomic mass is 32.2. The summed E-state index contributed by atoms with van der Waals surface area (Å²) in [6.07, 6.45) is 13.8. The van der Waals surface area contributed by atoms with Crippen molar-refractivity contribution in [2.45, 2.75) is 134 Å². The zero-order valence-electron chi connectivity index (χ0n) is 39.7. The fourth-order valence-corrected chi connectivity index (χ4v) is 23.4. The van der Waals surface area contributed by atoms with E-state index in [2.05, 4.69) is 46.2 Å². The third-order valence-electron chi connectivity index (χ3n) is 22.7. The van der Waals surface area contributed by atoms with Crippen LogP contribution in [0.1, 0.15) is 75.3 Å². The van der Waals surface area contributed by atoms with Gasteiger partial charge in [0, 0.05) is 73.3 Å². The number of anilines is 2. The second kappa shape index (κ2) is 13.3. The van der Waals surface area contributed by atoms with Gasteiger partial charge in [0.05, 0.1) is 125 Å². The number of hydrogen-bond acceptors (Lipinski definition) is 9. The van der Waals surface area contributed by atoms with E-state index in [-0.39, 0.29) is 69.3 Å². The van der Waals surface area contributed by atoms with Crippen molar-refractivity contribution in [3.05, 3.63) is 58.7 Å². The summed E-state index contributed by atoms with van der Waals surface area (Å²) in [5.74, 6) is 4.39. The summed E-state index contributed by atoms with van der Waals surface area (Å²) in [6, 6.07) is 9.92. The number of rotatable bonds is 6. The number of nitrogens with zero attached hydrogens (tertiary/aromatic N) is 4.